The van der Waals surface area contributed by atoms with Gasteiger partial charge in [0.25, 0.3) is 0 Å². The van der Waals surface area contributed by atoms with Gasteiger partial charge in [-0.1, -0.05) is 41.0 Å². The molecule has 0 N–H and O–H groups in total. The number of thiophene rings is 1. The molecule has 3 heterocycles. The van der Waals surface area contributed by atoms with Crippen molar-refractivity contribution in [3.05, 3.63) is 58.3 Å². The number of hydrogen-bond acceptors (Lipinski definition) is 5. The van der Waals surface area contributed by atoms with Gasteiger partial charge in [-0.2, -0.15) is 4.98 Å². The van der Waals surface area contributed by atoms with Gasteiger partial charge in [-0.15, -0.1) is 11.3 Å². The SMILES string of the molecule is Clc1ccccc1C1CCN(Cc2nc(-c3cccs3)no2)C1. The van der Waals surface area contributed by atoms with E-state index in [0.29, 0.717) is 24.2 Å². The molecule has 4 rings (SSSR count). The summed E-state index contributed by atoms with van der Waals surface area (Å²) < 4.78 is 5.39. The maximum absolute atomic E-state index is 6.31. The van der Waals surface area contributed by atoms with Crippen molar-refractivity contribution < 1.29 is 4.52 Å². The number of benzene rings is 1. The van der Waals surface area contributed by atoms with Crippen molar-refractivity contribution in [1.82, 2.24) is 15.0 Å². The average Bonchev–Trinajstić information content (AvgIpc) is 3.29. The summed E-state index contributed by atoms with van der Waals surface area (Å²) in [6.07, 6.45) is 1.11. The normalized spacial score (nSPS) is 18.6. The second kappa shape index (κ2) is 6.43. The number of rotatable bonds is 4. The monoisotopic (exact) mass is 345 g/mol. The van der Waals surface area contributed by atoms with Crippen LogP contribution in [-0.4, -0.2) is 28.1 Å². The molecule has 1 unspecified atom stereocenters. The van der Waals surface area contributed by atoms with Crippen molar-refractivity contribution in [2.45, 2.75) is 18.9 Å². The Bertz CT molecular complexity index is 787. The van der Waals surface area contributed by atoms with Crippen LogP contribution in [0, 0.1) is 0 Å². The summed E-state index contributed by atoms with van der Waals surface area (Å²) in [4.78, 5) is 7.88. The van der Waals surface area contributed by atoms with Gasteiger partial charge in [0.1, 0.15) is 0 Å². The van der Waals surface area contributed by atoms with E-state index in [1.807, 2.05) is 29.6 Å². The molecule has 118 valence electrons. The number of halogens is 1. The van der Waals surface area contributed by atoms with E-state index in [1.165, 1.54) is 5.56 Å². The first-order valence-corrected chi connectivity index (χ1v) is 8.88. The van der Waals surface area contributed by atoms with Gasteiger partial charge in [0.2, 0.25) is 11.7 Å². The number of hydrogen-bond donors (Lipinski definition) is 0. The highest BCUT2D eigenvalue weighted by Crippen LogP contribution is 2.32. The second-order valence-electron chi connectivity index (χ2n) is 5.73. The van der Waals surface area contributed by atoms with E-state index in [4.69, 9.17) is 16.1 Å². The minimum Gasteiger partial charge on any atom is -0.338 e. The van der Waals surface area contributed by atoms with Gasteiger partial charge < -0.3 is 4.52 Å². The first kappa shape index (κ1) is 14.9. The van der Waals surface area contributed by atoms with E-state index in [1.54, 1.807) is 11.3 Å². The summed E-state index contributed by atoms with van der Waals surface area (Å²) in [5.41, 5.74) is 1.24. The molecule has 2 aromatic heterocycles. The van der Waals surface area contributed by atoms with Gasteiger partial charge in [-0.3, -0.25) is 4.90 Å². The van der Waals surface area contributed by atoms with Crippen LogP contribution in [0.3, 0.4) is 0 Å². The lowest BCUT2D eigenvalue weighted by atomic mass is 9.98. The highest BCUT2D eigenvalue weighted by Gasteiger charge is 2.26. The van der Waals surface area contributed by atoms with Gasteiger partial charge in [0.15, 0.2) is 0 Å². The van der Waals surface area contributed by atoms with E-state index < -0.39 is 0 Å². The Balaban J connectivity index is 1.42. The summed E-state index contributed by atoms with van der Waals surface area (Å²) in [6, 6.07) is 12.1. The highest BCUT2D eigenvalue weighted by molar-refractivity contribution is 7.13. The molecular weight excluding hydrogens is 330 g/mol. The van der Waals surface area contributed by atoms with Gasteiger partial charge >= 0.3 is 0 Å². The van der Waals surface area contributed by atoms with Gasteiger partial charge in [0, 0.05) is 11.6 Å². The molecule has 0 aliphatic carbocycles. The third kappa shape index (κ3) is 3.17. The quantitative estimate of drug-likeness (QED) is 0.701. The van der Waals surface area contributed by atoms with E-state index >= 15 is 0 Å². The molecule has 0 spiro atoms. The molecular formula is C17H16ClN3OS. The molecule has 1 fully saturated rings. The van der Waals surface area contributed by atoms with Crippen LogP contribution in [0.15, 0.2) is 46.3 Å². The van der Waals surface area contributed by atoms with Crippen LogP contribution >= 0.6 is 22.9 Å². The molecule has 0 radical (unpaired) electrons. The van der Waals surface area contributed by atoms with Crippen LogP contribution in [0.1, 0.15) is 23.8 Å². The maximum atomic E-state index is 6.31. The largest absolute Gasteiger partial charge is 0.338 e. The molecule has 4 nitrogen and oxygen atoms in total. The van der Waals surface area contributed by atoms with Crippen LogP contribution in [0.5, 0.6) is 0 Å². The van der Waals surface area contributed by atoms with Crippen molar-refractivity contribution >= 4 is 22.9 Å². The average molecular weight is 346 g/mol. The Hall–Kier alpha value is -1.69. The fourth-order valence-corrected chi connectivity index (χ4v) is 3.99. The minimum atomic E-state index is 0.475. The second-order valence-corrected chi connectivity index (χ2v) is 7.09. The summed E-state index contributed by atoms with van der Waals surface area (Å²) >= 11 is 7.93. The number of nitrogens with zero attached hydrogens (tertiary/aromatic N) is 3. The Morgan fingerprint density at radius 3 is 3.00 bits per heavy atom. The maximum Gasteiger partial charge on any atom is 0.241 e. The lowest BCUT2D eigenvalue weighted by Crippen LogP contribution is -2.20. The number of likely N-dealkylation sites (tertiary alicyclic amines) is 1. The lowest BCUT2D eigenvalue weighted by molar-refractivity contribution is 0.265. The van der Waals surface area contributed by atoms with E-state index in [2.05, 4.69) is 27.2 Å². The molecule has 1 aliphatic heterocycles. The van der Waals surface area contributed by atoms with Crippen molar-refractivity contribution in [2.24, 2.45) is 0 Å². The van der Waals surface area contributed by atoms with Crippen LogP contribution in [0.25, 0.3) is 10.7 Å². The van der Waals surface area contributed by atoms with Crippen LogP contribution in [0.2, 0.25) is 5.02 Å². The van der Waals surface area contributed by atoms with Crippen molar-refractivity contribution in [2.75, 3.05) is 13.1 Å². The molecule has 1 aliphatic rings. The topological polar surface area (TPSA) is 42.2 Å². The molecule has 0 amide bonds. The van der Waals surface area contributed by atoms with E-state index in [-0.39, 0.29) is 0 Å². The zero-order valence-corrected chi connectivity index (χ0v) is 14.1. The highest BCUT2D eigenvalue weighted by atomic mass is 35.5. The van der Waals surface area contributed by atoms with Crippen LogP contribution in [-0.2, 0) is 6.54 Å². The van der Waals surface area contributed by atoms with Crippen molar-refractivity contribution in [1.29, 1.82) is 0 Å². The molecule has 1 atom stereocenters. The summed E-state index contributed by atoms with van der Waals surface area (Å²) in [6.45, 7) is 2.69. The van der Waals surface area contributed by atoms with E-state index in [0.717, 1.165) is 29.4 Å². The fraction of sp³-hybridized carbons (Fsp3) is 0.294. The smallest absolute Gasteiger partial charge is 0.241 e. The van der Waals surface area contributed by atoms with Crippen LogP contribution < -0.4 is 0 Å². The zero-order chi connectivity index (χ0) is 15.6. The molecule has 23 heavy (non-hydrogen) atoms. The van der Waals surface area contributed by atoms with Gasteiger partial charge in [-0.25, -0.2) is 0 Å². The molecule has 0 saturated carbocycles. The van der Waals surface area contributed by atoms with Crippen LogP contribution in [0.4, 0.5) is 0 Å². The lowest BCUT2D eigenvalue weighted by Gasteiger charge is -2.14. The molecule has 1 saturated heterocycles. The number of aromatic nitrogens is 2. The standard InChI is InChI=1S/C17H16ClN3OS/c18-14-5-2-1-4-13(14)12-7-8-21(10-12)11-16-19-17(20-22-16)15-6-3-9-23-15/h1-6,9,12H,7-8,10-11H2. The summed E-state index contributed by atoms with van der Waals surface area (Å²) in [5.74, 6) is 1.83. The van der Waals surface area contributed by atoms with Crippen molar-refractivity contribution in [3.8, 4) is 10.7 Å². The Kier molecular flexibility index (Phi) is 4.16. The summed E-state index contributed by atoms with van der Waals surface area (Å²) in [5, 5.41) is 6.94. The molecule has 3 aromatic rings. The summed E-state index contributed by atoms with van der Waals surface area (Å²) in [7, 11) is 0. The van der Waals surface area contributed by atoms with Gasteiger partial charge in [-0.05, 0) is 42.0 Å². The van der Waals surface area contributed by atoms with Crippen molar-refractivity contribution in [3.63, 3.8) is 0 Å². The zero-order valence-electron chi connectivity index (χ0n) is 12.5. The van der Waals surface area contributed by atoms with E-state index in [9.17, 15) is 0 Å². The Morgan fingerprint density at radius 2 is 2.17 bits per heavy atom. The first-order chi connectivity index (χ1) is 11.3. The Labute approximate surface area is 143 Å². The Morgan fingerprint density at radius 1 is 1.26 bits per heavy atom. The predicted molar refractivity (Wildman–Crippen MR) is 91.7 cm³/mol. The predicted octanol–water partition coefficient (Wildman–Crippen LogP) is 4.44. The minimum absolute atomic E-state index is 0.475. The third-order valence-electron chi connectivity index (χ3n) is 4.19. The molecule has 1 aromatic carbocycles. The third-order valence-corrected chi connectivity index (χ3v) is 5.40. The fourth-order valence-electron chi connectivity index (χ4n) is 3.05. The first-order valence-electron chi connectivity index (χ1n) is 7.63. The van der Waals surface area contributed by atoms with Gasteiger partial charge in [0.05, 0.1) is 11.4 Å². The molecule has 6 heteroatoms. The molecule has 0 bridgehead atoms.